The Labute approximate surface area is 164 Å². The van der Waals surface area contributed by atoms with Gasteiger partial charge in [0.05, 0.1) is 7.11 Å². The van der Waals surface area contributed by atoms with Crippen LogP contribution in [0.4, 0.5) is 4.39 Å². The third-order valence-electron chi connectivity index (χ3n) is 4.70. The number of carbonyl (C=O) groups is 2. The van der Waals surface area contributed by atoms with Crippen molar-refractivity contribution in [2.75, 3.05) is 26.7 Å². The van der Waals surface area contributed by atoms with Crippen molar-refractivity contribution in [3.63, 3.8) is 0 Å². The Hall–Kier alpha value is -3.15. The lowest BCUT2D eigenvalue weighted by molar-refractivity contribution is -0.130. The van der Waals surface area contributed by atoms with Gasteiger partial charge in [0, 0.05) is 38.7 Å². The smallest absolute Gasteiger partial charge is 0.246 e. The summed E-state index contributed by atoms with van der Waals surface area (Å²) in [6.45, 7) is 1.83. The molecule has 28 heavy (non-hydrogen) atoms. The first-order valence-corrected chi connectivity index (χ1v) is 9.18. The summed E-state index contributed by atoms with van der Waals surface area (Å²) < 4.78 is 18.4. The molecule has 3 rings (SSSR count). The van der Waals surface area contributed by atoms with Crippen molar-refractivity contribution >= 4 is 17.9 Å². The first kappa shape index (κ1) is 19.6. The van der Waals surface area contributed by atoms with Crippen LogP contribution >= 0.6 is 0 Å². The van der Waals surface area contributed by atoms with E-state index in [-0.39, 0.29) is 24.1 Å². The lowest BCUT2D eigenvalue weighted by atomic mass is 10.2. The fourth-order valence-corrected chi connectivity index (χ4v) is 3.09. The third-order valence-corrected chi connectivity index (χ3v) is 4.70. The van der Waals surface area contributed by atoms with Gasteiger partial charge in [0.25, 0.3) is 0 Å². The SMILES string of the molecule is COc1ccc(CN2CCN(C(=O)C=Cc3cccc(F)c3)CCC2=O)cc1. The van der Waals surface area contributed by atoms with Gasteiger partial charge in [-0.2, -0.15) is 0 Å². The predicted octanol–water partition coefficient (Wildman–Crippen LogP) is 3.11. The Morgan fingerprint density at radius 3 is 2.64 bits per heavy atom. The minimum absolute atomic E-state index is 0.0280. The second-order valence-corrected chi connectivity index (χ2v) is 6.63. The van der Waals surface area contributed by atoms with Gasteiger partial charge in [-0.05, 0) is 41.5 Å². The van der Waals surface area contributed by atoms with Gasteiger partial charge in [-0.1, -0.05) is 24.3 Å². The molecule has 2 amide bonds. The minimum atomic E-state index is -0.343. The topological polar surface area (TPSA) is 49.9 Å². The van der Waals surface area contributed by atoms with Gasteiger partial charge in [-0.25, -0.2) is 4.39 Å². The van der Waals surface area contributed by atoms with Gasteiger partial charge >= 0.3 is 0 Å². The molecule has 0 spiro atoms. The maximum Gasteiger partial charge on any atom is 0.246 e. The number of benzene rings is 2. The molecule has 0 saturated carbocycles. The maximum absolute atomic E-state index is 13.2. The molecule has 1 saturated heterocycles. The van der Waals surface area contributed by atoms with E-state index in [2.05, 4.69) is 0 Å². The number of methoxy groups -OCH3 is 1. The Morgan fingerprint density at radius 1 is 1.14 bits per heavy atom. The van der Waals surface area contributed by atoms with E-state index >= 15 is 0 Å². The van der Waals surface area contributed by atoms with Crippen LogP contribution in [-0.2, 0) is 16.1 Å². The van der Waals surface area contributed by atoms with Crippen LogP contribution in [0.25, 0.3) is 6.08 Å². The number of nitrogens with zero attached hydrogens (tertiary/aromatic N) is 2. The van der Waals surface area contributed by atoms with Crippen LogP contribution in [0.1, 0.15) is 17.5 Å². The van der Waals surface area contributed by atoms with Crippen LogP contribution in [0.3, 0.4) is 0 Å². The molecule has 1 aliphatic heterocycles. The number of hydrogen-bond acceptors (Lipinski definition) is 3. The maximum atomic E-state index is 13.2. The van der Waals surface area contributed by atoms with E-state index in [1.807, 2.05) is 24.3 Å². The lowest BCUT2D eigenvalue weighted by Gasteiger charge is -2.21. The van der Waals surface area contributed by atoms with Crippen molar-refractivity contribution < 1.29 is 18.7 Å². The highest BCUT2D eigenvalue weighted by Crippen LogP contribution is 2.15. The van der Waals surface area contributed by atoms with Crippen molar-refractivity contribution in [2.45, 2.75) is 13.0 Å². The standard InChI is InChI=1S/C22H23FN2O3/c1-28-20-8-5-18(6-9-20)16-25-14-13-24(12-11-22(25)27)21(26)10-7-17-3-2-4-19(23)15-17/h2-10,15H,11-14,16H2,1H3. The fraction of sp³-hybridized carbons (Fsp3) is 0.273. The second-order valence-electron chi connectivity index (χ2n) is 6.63. The first-order valence-electron chi connectivity index (χ1n) is 9.18. The van der Waals surface area contributed by atoms with E-state index in [9.17, 15) is 14.0 Å². The molecule has 0 unspecified atom stereocenters. The van der Waals surface area contributed by atoms with Gasteiger partial charge in [0.15, 0.2) is 0 Å². The van der Waals surface area contributed by atoms with Crippen LogP contribution < -0.4 is 4.74 Å². The highest BCUT2D eigenvalue weighted by molar-refractivity contribution is 5.92. The molecule has 1 fully saturated rings. The molecule has 0 bridgehead atoms. The van der Waals surface area contributed by atoms with Crippen LogP contribution in [0.15, 0.2) is 54.6 Å². The molecule has 0 atom stereocenters. The van der Waals surface area contributed by atoms with Gasteiger partial charge in [-0.3, -0.25) is 9.59 Å². The van der Waals surface area contributed by atoms with Crippen LogP contribution in [0.5, 0.6) is 5.75 Å². The summed E-state index contributed by atoms with van der Waals surface area (Å²) in [4.78, 5) is 28.3. The zero-order valence-electron chi connectivity index (χ0n) is 15.8. The number of ether oxygens (including phenoxy) is 1. The minimum Gasteiger partial charge on any atom is -0.497 e. The third kappa shape index (κ3) is 5.19. The van der Waals surface area contributed by atoms with Crippen molar-refractivity contribution in [1.29, 1.82) is 0 Å². The zero-order chi connectivity index (χ0) is 19.9. The molecule has 1 aliphatic rings. The summed E-state index contributed by atoms with van der Waals surface area (Å²) in [5.74, 6) is 0.278. The van der Waals surface area contributed by atoms with Crippen LogP contribution in [0.2, 0.25) is 0 Å². The molecular formula is C22H23FN2O3. The molecule has 146 valence electrons. The summed E-state index contributed by atoms with van der Waals surface area (Å²) in [7, 11) is 1.61. The Balaban J connectivity index is 1.59. The molecule has 1 heterocycles. The molecular weight excluding hydrogens is 359 g/mol. The van der Waals surface area contributed by atoms with Gasteiger partial charge in [-0.15, -0.1) is 0 Å². The summed E-state index contributed by atoms with van der Waals surface area (Å²) >= 11 is 0. The van der Waals surface area contributed by atoms with Gasteiger partial charge in [0.1, 0.15) is 11.6 Å². The van der Waals surface area contributed by atoms with E-state index < -0.39 is 0 Å². The van der Waals surface area contributed by atoms with Crippen LogP contribution in [0, 0.1) is 5.82 Å². The molecule has 0 N–H and O–H groups in total. The summed E-state index contributed by atoms with van der Waals surface area (Å²) in [5, 5.41) is 0. The Kier molecular flexibility index (Phi) is 6.42. The van der Waals surface area contributed by atoms with Crippen molar-refractivity contribution in [3.8, 4) is 5.75 Å². The largest absolute Gasteiger partial charge is 0.497 e. The van der Waals surface area contributed by atoms with Gasteiger partial charge in [0.2, 0.25) is 11.8 Å². The number of hydrogen-bond donors (Lipinski definition) is 0. The summed E-state index contributed by atoms with van der Waals surface area (Å²) in [5.41, 5.74) is 1.64. The number of carbonyl (C=O) groups excluding carboxylic acids is 2. The molecule has 0 radical (unpaired) electrons. The summed E-state index contributed by atoms with van der Waals surface area (Å²) in [6, 6.07) is 13.7. The predicted molar refractivity (Wildman–Crippen MR) is 105 cm³/mol. The van der Waals surface area contributed by atoms with Gasteiger partial charge < -0.3 is 14.5 Å². The quantitative estimate of drug-likeness (QED) is 0.747. The van der Waals surface area contributed by atoms with Crippen LogP contribution in [-0.4, -0.2) is 48.4 Å². The number of amides is 2. The van der Waals surface area contributed by atoms with E-state index in [1.54, 1.807) is 35.1 Å². The molecule has 0 aliphatic carbocycles. The van der Waals surface area contributed by atoms with E-state index in [4.69, 9.17) is 4.74 Å². The van der Waals surface area contributed by atoms with Crippen molar-refractivity contribution in [1.82, 2.24) is 9.80 Å². The first-order chi connectivity index (χ1) is 13.5. The molecule has 6 heteroatoms. The molecule has 0 aromatic heterocycles. The average molecular weight is 382 g/mol. The molecule has 2 aromatic carbocycles. The Bertz CT molecular complexity index is 864. The molecule has 2 aromatic rings. The normalized spacial score (nSPS) is 15.0. The highest BCUT2D eigenvalue weighted by Gasteiger charge is 2.22. The summed E-state index contributed by atoms with van der Waals surface area (Å²) in [6.07, 6.45) is 3.31. The second kappa shape index (κ2) is 9.17. The fourth-order valence-electron chi connectivity index (χ4n) is 3.09. The number of rotatable bonds is 5. The van der Waals surface area contributed by atoms with Crippen molar-refractivity contribution in [3.05, 3.63) is 71.6 Å². The lowest BCUT2D eigenvalue weighted by Crippen LogP contribution is -2.34. The highest BCUT2D eigenvalue weighted by atomic mass is 19.1. The monoisotopic (exact) mass is 382 g/mol. The zero-order valence-corrected chi connectivity index (χ0v) is 15.8. The van der Waals surface area contributed by atoms with E-state index in [0.717, 1.165) is 11.3 Å². The average Bonchev–Trinajstić information content (AvgIpc) is 2.89. The van der Waals surface area contributed by atoms with E-state index in [1.165, 1.54) is 18.2 Å². The number of halogens is 1. The van der Waals surface area contributed by atoms with E-state index in [0.29, 0.717) is 31.7 Å². The Morgan fingerprint density at radius 2 is 1.93 bits per heavy atom. The van der Waals surface area contributed by atoms with Crippen molar-refractivity contribution in [2.24, 2.45) is 0 Å². The molecule has 5 nitrogen and oxygen atoms in total.